The molecule has 1 rings (SSSR count). The lowest BCUT2D eigenvalue weighted by Crippen LogP contribution is -2.09. The Labute approximate surface area is 83.1 Å². The molecule has 0 bridgehead atoms. The normalized spacial score (nSPS) is 11.7. The smallest absolute Gasteiger partial charge is 0.138 e. The average molecular weight is 188 g/mol. The van der Waals surface area contributed by atoms with Gasteiger partial charge in [-0.25, -0.2) is 0 Å². The van der Waals surface area contributed by atoms with Crippen LogP contribution in [0.5, 0.6) is 5.75 Å². The van der Waals surface area contributed by atoms with Crippen LogP contribution in [-0.4, -0.2) is 5.11 Å². The zero-order chi connectivity index (χ0) is 10.6. The molecule has 0 aliphatic rings. The summed E-state index contributed by atoms with van der Waals surface area (Å²) in [5, 5.41) is 18.3. The highest BCUT2D eigenvalue weighted by atomic mass is 16.3. The van der Waals surface area contributed by atoms with Gasteiger partial charge in [0.2, 0.25) is 0 Å². The summed E-state index contributed by atoms with van der Waals surface area (Å²) in [6.45, 7) is 3.57. The number of phenolic OH excluding ortho intramolecular Hbond substituents is 1. The third kappa shape index (κ3) is 1.93. The van der Waals surface area contributed by atoms with Crippen LogP contribution < -0.4 is 5.73 Å². The molecule has 0 saturated heterocycles. The molecule has 1 aromatic rings. The summed E-state index contributed by atoms with van der Waals surface area (Å²) in [6.07, 6.45) is 2.26. The molecule has 3 heteroatoms. The molecule has 0 aliphatic heterocycles. The molecular formula is C11H12N2O. The summed E-state index contributed by atoms with van der Waals surface area (Å²) >= 11 is 0. The molecule has 3 N–H and O–H groups in total. The molecule has 0 aromatic heterocycles. The molecule has 0 aliphatic carbocycles. The van der Waals surface area contributed by atoms with Crippen molar-refractivity contribution in [3.8, 4) is 11.8 Å². The zero-order valence-electron chi connectivity index (χ0n) is 7.77. The minimum absolute atomic E-state index is 0.0237. The van der Waals surface area contributed by atoms with E-state index in [0.29, 0.717) is 12.0 Å². The van der Waals surface area contributed by atoms with Gasteiger partial charge in [0, 0.05) is 11.6 Å². The maximum atomic E-state index is 9.65. The van der Waals surface area contributed by atoms with Crippen LogP contribution in [0.2, 0.25) is 0 Å². The van der Waals surface area contributed by atoms with E-state index in [1.54, 1.807) is 24.3 Å². The van der Waals surface area contributed by atoms with E-state index in [1.807, 2.05) is 6.07 Å². The first-order valence-electron chi connectivity index (χ1n) is 4.29. The highest BCUT2D eigenvalue weighted by Crippen LogP contribution is 2.27. The first kappa shape index (κ1) is 10.3. The number of benzene rings is 1. The van der Waals surface area contributed by atoms with Crippen molar-refractivity contribution in [1.29, 1.82) is 5.26 Å². The molecule has 0 radical (unpaired) electrons. The van der Waals surface area contributed by atoms with Crippen molar-refractivity contribution in [1.82, 2.24) is 0 Å². The highest BCUT2D eigenvalue weighted by Gasteiger charge is 2.11. The Balaban J connectivity index is 3.10. The first-order valence-corrected chi connectivity index (χ1v) is 4.29. The molecule has 0 unspecified atom stereocenters. The standard InChI is InChI=1S/C11H12N2O/c1-2-4-10(13)9-6-3-5-8(7-12)11(9)14/h2-3,5-6,10,14H,1,4,13H2/t10-/m0/s1. The Hall–Kier alpha value is -1.79. The fraction of sp³-hybridized carbons (Fsp3) is 0.182. The summed E-state index contributed by atoms with van der Waals surface area (Å²) in [6, 6.07) is 6.57. The van der Waals surface area contributed by atoms with Crippen molar-refractivity contribution in [3.05, 3.63) is 42.0 Å². The van der Waals surface area contributed by atoms with Crippen molar-refractivity contribution >= 4 is 0 Å². The quantitative estimate of drug-likeness (QED) is 0.711. The van der Waals surface area contributed by atoms with Crippen LogP contribution in [0.3, 0.4) is 0 Å². The first-order chi connectivity index (χ1) is 6.70. The predicted octanol–water partition coefficient (Wildman–Crippen LogP) is 1.84. The Bertz CT molecular complexity index is 379. The summed E-state index contributed by atoms with van der Waals surface area (Å²) in [4.78, 5) is 0. The number of rotatable bonds is 3. The van der Waals surface area contributed by atoms with Crippen molar-refractivity contribution < 1.29 is 5.11 Å². The van der Waals surface area contributed by atoms with E-state index in [9.17, 15) is 5.11 Å². The van der Waals surface area contributed by atoms with Crippen LogP contribution in [0.15, 0.2) is 30.9 Å². The number of nitrogens with zero attached hydrogens (tertiary/aromatic N) is 1. The number of hydrogen-bond donors (Lipinski definition) is 2. The van der Waals surface area contributed by atoms with Crippen LogP contribution in [0.4, 0.5) is 0 Å². The number of nitrogens with two attached hydrogens (primary N) is 1. The second-order valence-corrected chi connectivity index (χ2v) is 2.99. The number of nitriles is 1. The largest absolute Gasteiger partial charge is 0.506 e. The Morgan fingerprint density at radius 1 is 1.64 bits per heavy atom. The molecule has 0 heterocycles. The van der Waals surface area contributed by atoms with Crippen LogP contribution in [-0.2, 0) is 0 Å². The van der Waals surface area contributed by atoms with Gasteiger partial charge in [-0.2, -0.15) is 5.26 Å². The van der Waals surface area contributed by atoms with Gasteiger partial charge in [0.15, 0.2) is 0 Å². The van der Waals surface area contributed by atoms with Gasteiger partial charge in [-0.05, 0) is 12.5 Å². The predicted molar refractivity (Wildman–Crippen MR) is 54.6 cm³/mol. The lowest BCUT2D eigenvalue weighted by molar-refractivity contribution is 0.460. The summed E-state index contributed by atoms with van der Waals surface area (Å²) < 4.78 is 0. The third-order valence-electron chi connectivity index (χ3n) is 2.01. The Kier molecular flexibility index (Phi) is 3.27. The van der Waals surface area contributed by atoms with E-state index in [4.69, 9.17) is 11.0 Å². The van der Waals surface area contributed by atoms with Gasteiger partial charge in [-0.3, -0.25) is 0 Å². The molecule has 1 aromatic carbocycles. The molecule has 72 valence electrons. The minimum atomic E-state index is -0.305. The summed E-state index contributed by atoms with van der Waals surface area (Å²) in [5.74, 6) is -0.0237. The maximum Gasteiger partial charge on any atom is 0.138 e. The molecule has 3 nitrogen and oxygen atoms in total. The second-order valence-electron chi connectivity index (χ2n) is 2.99. The van der Waals surface area contributed by atoms with Gasteiger partial charge in [0.1, 0.15) is 11.8 Å². The van der Waals surface area contributed by atoms with Gasteiger partial charge < -0.3 is 10.8 Å². The van der Waals surface area contributed by atoms with E-state index in [0.717, 1.165) is 0 Å². The number of phenols is 1. The summed E-state index contributed by atoms with van der Waals surface area (Å²) in [5.41, 5.74) is 6.63. The third-order valence-corrected chi connectivity index (χ3v) is 2.01. The lowest BCUT2D eigenvalue weighted by Gasteiger charge is -2.11. The molecule has 1 atom stereocenters. The molecule has 0 saturated carbocycles. The Morgan fingerprint density at radius 2 is 2.36 bits per heavy atom. The van der Waals surface area contributed by atoms with Crippen molar-refractivity contribution in [2.24, 2.45) is 5.73 Å². The number of aromatic hydroxyl groups is 1. The van der Waals surface area contributed by atoms with E-state index in [-0.39, 0.29) is 17.4 Å². The van der Waals surface area contributed by atoms with E-state index < -0.39 is 0 Å². The van der Waals surface area contributed by atoms with E-state index >= 15 is 0 Å². The Morgan fingerprint density at radius 3 is 2.93 bits per heavy atom. The molecular weight excluding hydrogens is 176 g/mol. The fourth-order valence-corrected chi connectivity index (χ4v) is 1.26. The monoisotopic (exact) mass is 188 g/mol. The SMILES string of the molecule is C=CC[C@H](N)c1cccc(C#N)c1O. The van der Waals surface area contributed by atoms with Crippen molar-refractivity contribution in [2.45, 2.75) is 12.5 Å². The topological polar surface area (TPSA) is 70.0 Å². The zero-order valence-corrected chi connectivity index (χ0v) is 7.77. The van der Waals surface area contributed by atoms with Crippen LogP contribution in [0.1, 0.15) is 23.6 Å². The van der Waals surface area contributed by atoms with Gasteiger partial charge >= 0.3 is 0 Å². The van der Waals surface area contributed by atoms with Crippen LogP contribution in [0.25, 0.3) is 0 Å². The van der Waals surface area contributed by atoms with Crippen LogP contribution >= 0.6 is 0 Å². The van der Waals surface area contributed by atoms with Gasteiger partial charge in [0.05, 0.1) is 5.56 Å². The van der Waals surface area contributed by atoms with Crippen molar-refractivity contribution in [3.63, 3.8) is 0 Å². The number of hydrogen-bond acceptors (Lipinski definition) is 3. The molecule has 0 spiro atoms. The lowest BCUT2D eigenvalue weighted by atomic mass is 10.0. The molecule has 0 fully saturated rings. The van der Waals surface area contributed by atoms with Crippen LogP contribution in [0, 0.1) is 11.3 Å². The summed E-state index contributed by atoms with van der Waals surface area (Å²) in [7, 11) is 0. The number of para-hydroxylation sites is 1. The average Bonchev–Trinajstić information content (AvgIpc) is 2.18. The van der Waals surface area contributed by atoms with Gasteiger partial charge in [-0.15, -0.1) is 6.58 Å². The van der Waals surface area contributed by atoms with Crippen molar-refractivity contribution in [2.75, 3.05) is 0 Å². The van der Waals surface area contributed by atoms with E-state index in [1.165, 1.54) is 0 Å². The fourth-order valence-electron chi connectivity index (χ4n) is 1.26. The van der Waals surface area contributed by atoms with Gasteiger partial charge in [0.25, 0.3) is 0 Å². The highest BCUT2D eigenvalue weighted by molar-refractivity contribution is 5.48. The second kappa shape index (κ2) is 4.45. The van der Waals surface area contributed by atoms with Gasteiger partial charge in [-0.1, -0.05) is 18.2 Å². The molecule has 14 heavy (non-hydrogen) atoms. The van der Waals surface area contributed by atoms with E-state index in [2.05, 4.69) is 6.58 Å². The molecule has 0 amide bonds. The minimum Gasteiger partial charge on any atom is -0.506 e. The maximum absolute atomic E-state index is 9.65.